The number of methoxy groups -OCH3 is 3. The van der Waals surface area contributed by atoms with Gasteiger partial charge in [0.05, 0.1) is 27.0 Å². The van der Waals surface area contributed by atoms with Gasteiger partial charge >= 0.3 is 11.9 Å². The average molecular weight is 308 g/mol. The fourth-order valence-corrected chi connectivity index (χ4v) is 1.39. The summed E-state index contributed by atoms with van der Waals surface area (Å²) in [5.41, 5.74) is -0.0812. The van der Waals surface area contributed by atoms with Crippen LogP contribution in [0, 0.1) is 0 Å². The molecule has 0 spiro atoms. The molecule has 8 nitrogen and oxygen atoms in total. The smallest absolute Gasteiger partial charge is 0.362 e. The van der Waals surface area contributed by atoms with E-state index in [0.717, 1.165) is 14.2 Å². The number of esters is 2. The van der Waals surface area contributed by atoms with Gasteiger partial charge in [-0.3, -0.25) is 4.79 Å². The largest absolute Gasteiger partial charge is 0.509 e. The highest BCUT2D eigenvalue weighted by Crippen LogP contribution is 2.21. The molecule has 0 bridgehead atoms. The minimum Gasteiger partial charge on any atom is -0.509 e. The second kappa shape index (κ2) is 8.40. The van der Waals surface area contributed by atoms with Gasteiger partial charge in [-0.2, -0.15) is 5.11 Å². The van der Waals surface area contributed by atoms with Crippen molar-refractivity contribution in [3.63, 3.8) is 0 Å². The SMILES string of the molecule is COC(=O)C/C(O)=C(/N=Nc1cccc(OC)c1)C(=O)OC. The van der Waals surface area contributed by atoms with Gasteiger partial charge in [-0.1, -0.05) is 6.07 Å². The molecule has 0 aliphatic carbocycles. The van der Waals surface area contributed by atoms with Crippen LogP contribution < -0.4 is 4.74 Å². The summed E-state index contributed by atoms with van der Waals surface area (Å²) in [4.78, 5) is 22.7. The standard InChI is InChI=1S/C14H16N2O6/c1-20-10-6-4-5-9(7-10)15-16-13(14(19)22-3)11(17)8-12(18)21-2/h4-7,17H,8H2,1-3H3/b13-11-,16-15?. The molecule has 1 aromatic rings. The topological polar surface area (TPSA) is 107 Å². The number of carbonyl (C=O) groups excluding carboxylic acids is 2. The molecule has 0 aliphatic heterocycles. The number of benzene rings is 1. The Morgan fingerprint density at radius 1 is 1.18 bits per heavy atom. The van der Waals surface area contributed by atoms with Crippen LogP contribution in [0.3, 0.4) is 0 Å². The molecule has 0 radical (unpaired) electrons. The van der Waals surface area contributed by atoms with Crippen molar-refractivity contribution in [1.82, 2.24) is 0 Å². The highest BCUT2D eigenvalue weighted by Gasteiger charge is 2.18. The fourth-order valence-electron chi connectivity index (χ4n) is 1.39. The van der Waals surface area contributed by atoms with Gasteiger partial charge in [-0.05, 0) is 12.1 Å². The lowest BCUT2D eigenvalue weighted by Gasteiger charge is -2.04. The van der Waals surface area contributed by atoms with Gasteiger partial charge in [0.1, 0.15) is 17.9 Å². The summed E-state index contributed by atoms with van der Waals surface area (Å²) in [5.74, 6) is -1.69. The molecule has 0 saturated carbocycles. The van der Waals surface area contributed by atoms with Crippen molar-refractivity contribution < 1.29 is 28.9 Å². The van der Waals surface area contributed by atoms with Gasteiger partial charge in [-0.25, -0.2) is 4.79 Å². The first-order valence-electron chi connectivity index (χ1n) is 6.14. The van der Waals surface area contributed by atoms with E-state index in [1.807, 2.05) is 0 Å². The van der Waals surface area contributed by atoms with Crippen molar-refractivity contribution in [2.45, 2.75) is 6.42 Å². The summed E-state index contributed by atoms with van der Waals surface area (Å²) in [6.45, 7) is 0. The minimum atomic E-state index is -0.923. The van der Waals surface area contributed by atoms with Crippen LogP contribution in [0.5, 0.6) is 5.75 Å². The zero-order valence-corrected chi connectivity index (χ0v) is 12.4. The van der Waals surface area contributed by atoms with Gasteiger partial charge in [0.2, 0.25) is 5.70 Å². The summed E-state index contributed by atoms with van der Waals surface area (Å²) in [6, 6.07) is 6.60. The number of aliphatic hydroxyl groups excluding tert-OH is 1. The minimum absolute atomic E-state index is 0.395. The highest BCUT2D eigenvalue weighted by molar-refractivity contribution is 5.89. The van der Waals surface area contributed by atoms with Gasteiger partial charge in [0.25, 0.3) is 0 Å². The van der Waals surface area contributed by atoms with Crippen LogP contribution in [0.2, 0.25) is 0 Å². The summed E-state index contributed by atoms with van der Waals surface area (Å²) in [5, 5.41) is 17.2. The second-order valence-electron chi connectivity index (χ2n) is 3.94. The molecular weight excluding hydrogens is 292 g/mol. The van der Waals surface area contributed by atoms with Crippen molar-refractivity contribution in [2.75, 3.05) is 21.3 Å². The molecule has 0 amide bonds. The van der Waals surface area contributed by atoms with E-state index in [0.29, 0.717) is 11.4 Å². The van der Waals surface area contributed by atoms with Crippen molar-refractivity contribution in [3.05, 3.63) is 35.7 Å². The third kappa shape index (κ3) is 4.89. The number of azo groups is 1. The van der Waals surface area contributed by atoms with Crippen molar-refractivity contribution >= 4 is 17.6 Å². The summed E-state index contributed by atoms with van der Waals surface area (Å²) in [6.07, 6.45) is -0.516. The Balaban J connectivity index is 3.07. The fraction of sp³-hybridized carbons (Fsp3) is 0.286. The zero-order valence-electron chi connectivity index (χ0n) is 12.4. The number of ether oxygens (including phenoxy) is 3. The number of carbonyl (C=O) groups is 2. The maximum absolute atomic E-state index is 11.6. The zero-order chi connectivity index (χ0) is 16.5. The van der Waals surface area contributed by atoms with E-state index in [1.54, 1.807) is 24.3 Å². The van der Waals surface area contributed by atoms with E-state index < -0.39 is 29.8 Å². The van der Waals surface area contributed by atoms with E-state index in [2.05, 4.69) is 19.7 Å². The maximum atomic E-state index is 11.6. The second-order valence-corrected chi connectivity index (χ2v) is 3.94. The first-order valence-corrected chi connectivity index (χ1v) is 6.14. The molecule has 0 aromatic heterocycles. The van der Waals surface area contributed by atoms with Gasteiger partial charge in [0.15, 0.2) is 0 Å². The third-order valence-corrected chi connectivity index (χ3v) is 2.51. The molecule has 0 fully saturated rings. The van der Waals surface area contributed by atoms with E-state index in [4.69, 9.17) is 4.74 Å². The van der Waals surface area contributed by atoms with E-state index >= 15 is 0 Å². The molecule has 0 unspecified atom stereocenters. The summed E-state index contributed by atoms with van der Waals surface area (Å²) >= 11 is 0. The van der Waals surface area contributed by atoms with Crippen LogP contribution in [0.15, 0.2) is 46.0 Å². The van der Waals surface area contributed by atoms with Crippen LogP contribution in [-0.2, 0) is 19.1 Å². The predicted octanol–water partition coefficient (Wildman–Crippen LogP) is 2.28. The summed E-state index contributed by atoms with van der Waals surface area (Å²) in [7, 11) is 3.78. The molecule has 1 aromatic carbocycles. The molecule has 1 N–H and O–H groups in total. The first kappa shape index (κ1) is 17.2. The Morgan fingerprint density at radius 2 is 1.91 bits per heavy atom. The number of hydrogen-bond acceptors (Lipinski definition) is 8. The van der Waals surface area contributed by atoms with E-state index in [-0.39, 0.29) is 0 Å². The molecule has 0 heterocycles. The molecule has 118 valence electrons. The molecule has 0 atom stereocenters. The average Bonchev–Trinajstić information content (AvgIpc) is 2.54. The van der Waals surface area contributed by atoms with Crippen molar-refractivity contribution in [3.8, 4) is 5.75 Å². The Labute approximate surface area is 127 Å². The number of hydrogen-bond donors (Lipinski definition) is 1. The number of aliphatic hydroxyl groups is 1. The quantitative estimate of drug-likeness (QED) is 0.374. The first-order chi connectivity index (χ1) is 10.5. The lowest BCUT2D eigenvalue weighted by molar-refractivity contribution is -0.140. The lowest BCUT2D eigenvalue weighted by atomic mass is 10.3. The maximum Gasteiger partial charge on any atom is 0.362 e. The van der Waals surface area contributed by atoms with Crippen LogP contribution in [0.4, 0.5) is 5.69 Å². The van der Waals surface area contributed by atoms with Gasteiger partial charge in [0, 0.05) is 6.07 Å². The van der Waals surface area contributed by atoms with E-state index in [9.17, 15) is 14.7 Å². The molecular formula is C14H16N2O6. The Kier molecular flexibility index (Phi) is 6.55. The normalized spacial score (nSPS) is 11.8. The molecule has 0 saturated heterocycles. The summed E-state index contributed by atoms with van der Waals surface area (Å²) < 4.78 is 13.9. The Bertz CT molecular complexity index is 609. The van der Waals surface area contributed by atoms with Gasteiger partial charge in [-0.15, -0.1) is 5.11 Å². The molecule has 8 heteroatoms. The number of nitrogens with zero attached hydrogens (tertiary/aromatic N) is 2. The van der Waals surface area contributed by atoms with Gasteiger partial charge < -0.3 is 19.3 Å². The van der Waals surface area contributed by atoms with Crippen LogP contribution in [-0.4, -0.2) is 38.4 Å². The Hall–Kier alpha value is -2.90. The van der Waals surface area contributed by atoms with Crippen LogP contribution in [0.25, 0.3) is 0 Å². The highest BCUT2D eigenvalue weighted by atomic mass is 16.5. The third-order valence-electron chi connectivity index (χ3n) is 2.51. The molecule has 0 aliphatic rings. The monoisotopic (exact) mass is 308 g/mol. The van der Waals surface area contributed by atoms with Crippen LogP contribution >= 0.6 is 0 Å². The molecule has 22 heavy (non-hydrogen) atoms. The molecule has 1 rings (SSSR count). The predicted molar refractivity (Wildman–Crippen MR) is 75.8 cm³/mol. The lowest BCUT2D eigenvalue weighted by Crippen LogP contribution is -2.09. The Morgan fingerprint density at radius 3 is 2.50 bits per heavy atom. The van der Waals surface area contributed by atoms with E-state index in [1.165, 1.54) is 7.11 Å². The number of rotatable bonds is 6. The van der Waals surface area contributed by atoms with Crippen molar-refractivity contribution in [1.29, 1.82) is 0 Å². The van der Waals surface area contributed by atoms with Crippen molar-refractivity contribution in [2.24, 2.45) is 10.2 Å². The van der Waals surface area contributed by atoms with Crippen LogP contribution in [0.1, 0.15) is 6.42 Å².